The van der Waals surface area contributed by atoms with Gasteiger partial charge in [-0.05, 0) is 12.1 Å². The molecule has 0 aromatic carbocycles. The summed E-state index contributed by atoms with van der Waals surface area (Å²) in [5.74, 6) is 2.02. The molecule has 0 atom stereocenters. The highest BCUT2D eigenvalue weighted by Gasteiger charge is 2.06. The summed E-state index contributed by atoms with van der Waals surface area (Å²) >= 11 is 12.0. The number of ether oxygens (including phenoxy) is 3. The number of nitrogens with zero attached hydrogens (tertiary/aromatic N) is 7. The average Bonchev–Trinajstić information content (AvgIpc) is 3.28. The van der Waals surface area contributed by atoms with Crippen molar-refractivity contribution in [3.8, 4) is 11.5 Å². The summed E-state index contributed by atoms with van der Waals surface area (Å²) in [6.45, 7) is 1.36. The van der Waals surface area contributed by atoms with Crippen molar-refractivity contribution in [1.82, 2.24) is 34.7 Å². The maximum absolute atomic E-state index is 6.02. The van der Waals surface area contributed by atoms with E-state index in [1.54, 1.807) is 54.8 Å². The van der Waals surface area contributed by atoms with Crippen molar-refractivity contribution in [2.45, 2.75) is 6.61 Å². The summed E-state index contributed by atoms with van der Waals surface area (Å²) in [6, 6.07) is 7.02. The van der Waals surface area contributed by atoms with Crippen LogP contribution in [-0.2, 0) is 18.4 Å². The highest BCUT2D eigenvalue weighted by molar-refractivity contribution is 6.35. The van der Waals surface area contributed by atoms with Crippen molar-refractivity contribution in [3.05, 3.63) is 71.2 Å². The van der Waals surface area contributed by atoms with E-state index in [0.717, 1.165) is 11.3 Å². The second kappa shape index (κ2) is 11.7. The average molecular weight is 514 g/mol. The first-order valence-electron chi connectivity index (χ1n) is 10.4. The molecule has 0 aliphatic heterocycles. The zero-order valence-corrected chi connectivity index (χ0v) is 20.4. The molecule has 0 amide bonds. The van der Waals surface area contributed by atoms with Crippen LogP contribution in [0.15, 0.2) is 55.4 Å². The van der Waals surface area contributed by atoms with Gasteiger partial charge in [0.15, 0.2) is 5.82 Å². The summed E-state index contributed by atoms with van der Waals surface area (Å²) in [4.78, 5) is 20.9. The smallest absolute Gasteiger partial charge is 0.164 e. The predicted molar refractivity (Wildman–Crippen MR) is 132 cm³/mol. The number of rotatable bonds is 7. The predicted octanol–water partition coefficient (Wildman–Crippen LogP) is 4.30. The van der Waals surface area contributed by atoms with Gasteiger partial charge in [-0.2, -0.15) is 5.10 Å². The maximum atomic E-state index is 6.02. The van der Waals surface area contributed by atoms with E-state index in [1.807, 2.05) is 13.1 Å². The monoisotopic (exact) mass is 513 g/mol. The molecule has 5 heterocycles. The van der Waals surface area contributed by atoms with E-state index in [1.165, 1.54) is 6.33 Å². The first-order valence-corrected chi connectivity index (χ1v) is 11.2. The van der Waals surface area contributed by atoms with Crippen molar-refractivity contribution in [1.29, 1.82) is 0 Å². The van der Waals surface area contributed by atoms with Crippen LogP contribution in [0.1, 0.15) is 5.82 Å². The van der Waals surface area contributed by atoms with Crippen LogP contribution < -0.4 is 9.47 Å². The minimum Gasteiger partial charge on any atom is -0.489 e. The largest absolute Gasteiger partial charge is 0.489 e. The van der Waals surface area contributed by atoms with Crippen LogP contribution in [0, 0.1) is 0 Å². The van der Waals surface area contributed by atoms with Gasteiger partial charge >= 0.3 is 0 Å². The molecule has 0 N–H and O–H groups in total. The minimum absolute atomic E-state index is 0.324. The zero-order valence-electron chi connectivity index (χ0n) is 18.9. The molecule has 0 radical (unpaired) electrons. The fourth-order valence-corrected chi connectivity index (χ4v) is 3.36. The van der Waals surface area contributed by atoms with E-state index in [2.05, 4.69) is 30.0 Å². The van der Waals surface area contributed by atoms with E-state index in [0.29, 0.717) is 57.9 Å². The molecule has 5 rings (SSSR count). The molecule has 180 valence electrons. The number of hydrogen-bond acceptors (Lipinski definition) is 9. The van der Waals surface area contributed by atoms with E-state index in [-0.39, 0.29) is 0 Å². The lowest BCUT2D eigenvalue weighted by molar-refractivity contribution is 0.146. The molecule has 5 aromatic heterocycles. The third kappa shape index (κ3) is 6.30. The number of fused-ring (bicyclic) bond motifs is 2. The normalized spacial score (nSPS) is 10.7. The summed E-state index contributed by atoms with van der Waals surface area (Å²) in [6.07, 6.45) is 8.01. The summed E-state index contributed by atoms with van der Waals surface area (Å²) < 4.78 is 17.6. The number of pyridine rings is 4. The van der Waals surface area contributed by atoms with Gasteiger partial charge in [0.25, 0.3) is 0 Å². The second-order valence-electron chi connectivity index (χ2n) is 7.09. The molecule has 10 nitrogen and oxygen atoms in total. The van der Waals surface area contributed by atoms with E-state index < -0.39 is 0 Å². The molecule has 12 heteroatoms. The van der Waals surface area contributed by atoms with E-state index >= 15 is 0 Å². The Kier molecular flexibility index (Phi) is 8.19. The first-order chi connectivity index (χ1) is 17.0. The fourth-order valence-electron chi connectivity index (χ4n) is 2.96. The summed E-state index contributed by atoms with van der Waals surface area (Å²) in [5.41, 5.74) is 2.77. The molecule has 0 spiro atoms. The van der Waals surface area contributed by atoms with Crippen LogP contribution in [0.25, 0.3) is 22.1 Å². The molecule has 35 heavy (non-hydrogen) atoms. The zero-order chi connectivity index (χ0) is 24.6. The Balaban J connectivity index is 0.000000168. The summed E-state index contributed by atoms with van der Waals surface area (Å²) in [5, 5.41) is 5.14. The van der Waals surface area contributed by atoms with Gasteiger partial charge in [0, 0.05) is 38.7 Å². The molecule has 0 bridgehead atoms. The standard InChI is InChI=1S/C12H10ClN5O.C11H11ClN2O2/c1-18-11(16-7-17-18)6-19-8-4-10-12(15-5-8)9(13)2-3-14-10;1-15-4-5-16-8-6-10-11(14-7-8)9(12)2-3-13-10/h2-5,7H,6H2,1H3;2-3,6-7H,4-5H2,1H3. The Morgan fingerprint density at radius 3 is 1.94 bits per heavy atom. The van der Waals surface area contributed by atoms with Crippen LogP contribution >= 0.6 is 23.2 Å². The Morgan fingerprint density at radius 2 is 1.40 bits per heavy atom. The van der Waals surface area contributed by atoms with Crippen LogP contribution in [-0.4, -0.2) is 55.0 Å². The van der Waals surface area contributed by atoms with E-state index in [9.17, 15) is 0 Å². The lowest BCUT2D eigenvalue weighted by Gasteiger charge is -2.06. The number of aromatic nitrogens is 7. The van der Waals surface area contributed by atoms with Gasteiger partial charge in [-0.1, -0.05) is 23.2 Å². The number of halogens is 2. The molecular formula is C23H21Cl2N7O3. The molecule has 0 saturated heterocycles. The van der Waals surface area contributed by atoms with Crippen molar-refractivity contribution < 1.29 is 14.2 Å². The van der Waals surface area contributed by atoms with Gasteiger partial charge in [-0.25, -0.2) is 15.0 Å². The third-order valence-corrected chi connectivity index (χ3v) is 5.35. The first kappa shape index (κ1) is 24.5. The highest BCUT2D eigenvalue weighted by atomic mass is 35.5. The van der Waals surface area contributed by atoms with Crippen molar-refractivity contribution in [2.75, 3.05) is 20.3 Å². The molecule has 5 aromatic rings. The Labute approximate surface area is 210 Å². The quantitative estimate of drug-likeness (QED) is 0.294. The molecule has 0 aliphatic rings. The highest BCUT2D eigenvalue weighted by Crippen LogP contribution is 2.23. The minimum atomic E-state index is 0.324. The molecule has 0 fully saturated rings. The van der Waals surface area contributed by atoms with Crippen molar-refractivity contribution in [3.63, 3.8) is 0 Å². The lowest BCUT2D eigenvalue weighted by atomic mass is 10.3. The number of aryl methyl sites for hydroxylation is 1. The van der Waals surface area contributed by atoms with Crippen LogP contribution in [0.3, 0.4) is 0 Å². The SMILES string of the molecule is COCCOc1cnc2c(Cl)ccnc2c1.Cn1ncnc1COc1cnc2c(Cl)ccnc2c1. The molecule has 0 aliphatic carbocycles. The van der Waals surface area contributed by atoms with Crippen LogP contribution in [0.5, 0.6) is 11.5 Å². The molecule has 0 saturated carbocycles. The van der Waals surface area contributed by atoms with Gasteiger partial charge in [-0.3, -0.25) is 14.6 Å². The van der Waals surface area contributed by atoms with Gasteiger partial charge in [0.1, 0.15) is 42.1 Å². The third-order valence-electron chi connectivity index (χ3n) is 4.74. The number of methoxy groups -OCH3 is 1. The lowest BCUT2D eigenvalue weighted by Crippen LogP contribution is -2.04. The second-order valence-corrected chi connectivity index (χ2v) is 7.91. The fraction of sp³-hybridized carbons (Fsp3) is 0.217. The van der Waals surface area contributed by atoms with Crippen molar-refractivity contribution >= 4 is 45.3 Å². The van der Waals surface area contributed by atoms with Crippen LogP contribution in [0.4, 0.5) is 0 Å². The van der Waals surface area contributed by atoms with Gasteiger partial charge < -0.3 is 14.2 Å². The summed E-state index contributed by atoms with van der Waals surface area (Å²) in [7, 11) is 3.44. The van der Waals surface area contributed by atoms with E-state index in [4.69, 9.17) is 37.4 Å². The Hall–Kier alpha value is -3.60. The topological polar surface area (TPSA) is 110 Å². The van der Waals surface area contributed by atoms with Gasteiger partial charge in [-0.15, -0.1) is 0 Å². The molecule has 0 unspecified atom stereocenters. The Bertz CT molecular complexity index is 1430. The number of hydrogen-bond donors (Lipinski definition) is 0. The molecular weight excluding hydrogens is 493 g/mol. The van der Waals surface area contributed by atoms with Crippen molar-refractivity contribution in [2.24, 2.45) is 7.05 Å². The van der Waals surface area contributed by atoms with Gasteiger partial charge in [0.05, 0.1) is 40.1 Å². The van der Waals surface area contributed by atoms with Crippen LogP contribution in [0.2, 0.25) is 10.0 Å². The maximum Gasteiger partial charge on any atom is 0.164 e. The van der Waals surface area contributed by atoms with Gasteiger partial charge in [0.2, 0.25) is 0 Å². The Morgan fingerprint density at radius 1 is 0.800 bits per heavy atom.